The van der Waals surface area contributed by atoms with Crippen molar-refractivity contribution in [2.45, 2.75) is 30.8 Å². The van der Waals surface area contributed by atoms with Crippen molar-refractivity contribution in [2.24, 2.45) is 7.05 Å². The fourth-order valence-electron chi connectivity index (χ4n) is 4.04. The first-order valence-corrected chi connectivity index (χ1v) is 14.0. The van der Waals surface area contributed by atoms with E-state index in [0.717, 1.165) is 0 Å². The Labute approximate surface area is 237 Å². The second kappa shape index (κ2) is 12.7. The molecule has 2 aromatic heterocycles. The summed E-state index contributed by atoms with van der Waals surface area (Å²) in [5.74, 6) is -0.834. The minimum absolute atomic E-state index is 0.0317. The molecule has 0 bridgehead atoms. The Hall–Kier alpha value is -4.29. The molecule has 0 spiro atoms. The Morgan fingerprint density at radius 2 is 1.88 bits per heavy atom. The molecule has 13 heteroatoms. The van der Waals surface area contributed by atoms with Crippen molar-refractivity contribution < 1.29 is 18.6 Å². The van der Waals surface area contributed by atoms with Crippen molar-refractivity contribution in [3.8, 4) is 5.69 Å². The van der Waals surface area contributed by atoms with Crippen LogP contribution in [-0.4, -0.2) is 64.0 Å². The quantitative estimate of drug-likeness (QED) is 0.211. The van der Waals surface area contributed by atoms with E-state index in [1.165, 1.54) is 28.7 Å². The lowest BCUT2D eigenvalue weighted by Crippen LogP contribution is -2.42. The van der Waals surface area contributed by atoms with Gasteiger partial charge in [-0.05, 0) is 53.3 Å². The van der Waals surface area contributed by atoms with E-state index >= 15 is 0 Å². The Kier molecular flexibility index (Phi) is 9.12. The summed E-state index contributed by atoms with van der Waals surface area (Å²) in [6, 6.07) is 12.6. The van der Waals surface area contributed by atoms with E-state index in [1.54, 1.807) is 67.9 Å². The maximum atomic E-state index is 13.4. The summed E-state index contributed by atoms with van der Waals surface area (Å²) in [4.78, 5) is 38.0. The summed E-state index contributed by atoms with van der Waals surface area (Å²) < 4.78 is 14.9. The fraction of sp³-hybridized carbons (Fsp3) is 0.222. The van der Waals surface area contributed by atoms with Gasteiger partial charge in [-0.3, -0.25) is 23.3 Å². The van der Waals surface area contributed by atoms with E-state index in [-0.39, 0.29) is 24.4 Å². The lowest BCUT2D eigenvalue weighted by atomic mass is 9.98. The minimum Gasteiger partial charge on any atom is -0.342 e. The maximum Gasteiger partial charge on any atom is 0.244 e. The summed E-state index contributed by atoms with van der Waals surface area (Å²) in [5.41, 5.74) is 2.95. The molecule has 1 unspecified atom stereocenters. The van der Waals surface area contributed by atoms with Gasteiger partial charge < -0.3 is 5.32 Å². The first-order valence-electron chi connectivity index (χ1n) is 12.1. The summed E-state index contributed by atoms with van der Waals surface area (Å²) in [6.45, 7) is 1.47. The predicted octanol–water partition coefficient (Wildman–Crippen LogP) is 2.54. The molecule has 11 nitrogen and oxygen atoms in total. The molecule has 0 aliphatic rings. The molecule has 206 valence electrons. The Morgan fingerprint density at radius 1 is 1.12 bits per heavy atom. The van der Waals surface area contributed by atoms with Gasteiger partial charge >= 0.3 is 0 Å². The molecule has 0 aliphatic carbocycles. The van der Waals surface area contributed by atoms with Crippen LogP contribution in [0.15, 0.2) is 66.0 Å². The number of hydrogen-bond donors (Lipinski definition) is 1. The van der Waals surface area contributed by atoms with Crippen LogP contribution in [0.5, 0.6) is 0 Å². The number of benzene rings is 2. The van der Waals surface area contributed by atoms with Gasteiger partial charge in [-0.1, -0.05) is 35.9 Å². The number of nitrogens with zero attached hydrogens (tertiary/aromatic N) is 6. The van der Waals surface area contributed by atoms with E-state index < -0.39 is 22.7 Å². The molecular weight excluding hydrogens is 554 g/mol. The molecule has 0 saturated carbocycles. The Morgan fingerprint density at radius 3 is 2.50 bits per heavy atom. The molecule has 4 aromatic rings. The van der Waals surface area contributed by atoms with Crippen LogP contribution in [0.2, 0.25) is 5.02 Å². The van der Waals surface area contributed by atoms with Gasteiger partial charge in [0.1, 0.15) is 11.4 Å². The number of aryl methyl sites for hydroxylation is 1. The highest BCUT2D eigenvalue weighted by atomic mass is 35.5. The van der Waals surface area contributed by atoms with Gasteiger partial charge in [-0.15, -0.1) is 5.10 Å². The second-order valence-corrected chi connectivity index (χ2v) is 10.8. The number of tetrazole rings is 1. The third-order valence-corrected chi connectivity index (χ3v) is 7.25. The Bertz CT molecular complexity index is 1600. The van der Waals surface area contributed by atoms with Crippen molar-refractivity contribution in [2.75, 3.05) is 6.26 Å². The third kappa shape index (κ3) is 7.21. The average Bonchev–Trinajstić information content (AvgIpc) is 3.57. The molecule has 0 aliphatic heterocycles. The molecule has 1 N–H and O–H groups in total. The predicted molar refractivity (Wildman–Crippen MR) is 150 cm³/mol. The van der Waals surface area contributed by atoms with Gasteiger partial charge in [0.25, 0.3) is 0 Å². The monoisotopic (exact) mass is 579 g/mol. The van der Waals surface area contributed by atoms with Crippen LogP contribution in [0, 0.1) is 0 Å². The molecule has 2 atom stereocenters. The van der Waals surface area contributed by atoms with E-state index in [4.69, 9.17) is 11.6 Å². The van der Waals surface area contributed by atoms with Crippen molar-refractivity contribution >= 4 is 46.0 Å². The van der Waals surface area contributed by atoms with Crippen LogP contribution in [-0.2, 0) is 40.3 Å². The summed E-state index contributed by atoms with van der Waals surface area (Å²) >= 11 is 6.16. The number of hydrogen-bond acceptors (Lipinski definition) is 8. The zero-order valence-corrected chi connectivity index (χ0v) is 23.5. The van der Waals surface area contributed by atoms with E-state index in [9.17, 15) is 18.6 Å². The molecule has 4 rings (SSSR count). The smallest absolute Gasteiger partial charge is 0.244 e. The minimum atomic E-state index is -1.27. The van der Waals surface area contributed by atoms with Crippen LogP contribution >= 0.6 is 11.6 Å². The van der Waals surface area contributed by atoms with Crippen LogP contribution < -0.4 is 5.32 Å². The van der Waals surface area contributed by atoms with Crippen LogP contribution in [0.1, 0.15) is 34.1 Å². The van der Waals surface area contributed by atoms with Crippen molar-refractivity contribution in [3.63, 3.8) is 0 Å². The van der Waals surface area contributed by atoms with Gasteiger partial charge in [-0.2, -0.15) is 9.78 Å². The van der Waals surface area contributed by atoms with Gasteiger partial charge in [0.15, 0.2) is 11.6 Å². The molecule has 0 saturated heterocycles. The largest absolute Gasteiger partial charge is 0.342 e. The molecule has 0 radical (unpaired) electrons. The zero-order chi connectivity index (χ0) is 28.8. The Balaban J connectivity index is 1.56. The SMILES string of the molecule is CC(=O)c1ccc(CC(=O)[C@H](Cc2cc(S(C)=O)n(C)n2)NC(=O)/C=C/c2cc(Cl)ccc2-n2cnnn2)cc1. The topological polar surface area (TPSA) is 142 Å². The molecular formula is C27H26ClN7O4S. The maximum absolute atomic E-state index is 13.4. The van der Waals surface area contributed by atoms with E-state index in [2.05, 4.69) is 25.9 Å². The molecule has 40 heavy (non-hydrogen) atoms. The lowest BCUT2D eigenvalue weighted by Gasteiger charge is -2.16. The number of carbonyl (C=O) groups is 3. The van der Waals surface area contributed by atoms with Gasteiger partial charge in [0.05, 0.1) is 28.2 Å². The lowest BCUT2D eigenvalue weighted by molar-refractivity contribution is -0.125. The zero-order valence-electron chi connectivity index (χ0n) is 21.9. The first-order chi connectivity index (χ1) is 19.1. The normalized spacial score (nSPS) is 12.8. The van der Waals surface area contributed by atoms with E-state index in [0.29, 0.717) is 38.1 Å². The summed E-state index contributed by atoms with van der Waals surface area (Å²) in [5, 5.41) is 19.3. The number of Topliss-reactive ketones (excluding diaryl/α,β-unsaturated/α-hetero) is 2. The number of aromatic nitrogens is 6. The molecule has 1 amide bonds. The summed E-state index contributed by atoms with van der Waals surface area (Å²) in [6.07, 6.45) is 5.95. The number of ketones is 2. The number of rotatable bonds is 11. The van der Waals surface area contributed by atoms with Gasteiger partial charge in [0, 0.05) is 48.4 Å². The highest BCUT2D eigenvalue weighted by molar-refractivity contribution is 7.84. The van der Waals surface area contributed by atoms with Gasteiger partial charge in [-0.25, -0.2) is 0 Å². The van der Waals surface area contributed by atoms with E-state index in [1.807, 2.05) is 0 Å². The number of halogens is 1. The third-order valence-electron chi connectivity index (χ3n) is 6.04. The number of nitrogens with one attached hydrogen (secondary N) is 1. The van der Waals surface area contributed by atoms with Crippen LogP contribution in [0.25, 0.3) is 11.8 Å². The highest BCUT2D eigenvalue weighted by Gasteiger charge is 2.23. The van der Waals surface area contributed by atoms with Gasteiger partial charge in [0.2, 0.25) is 5.91 Å². The fourth-order valence-corrected chi connectivity index (χ4v) is 4.93. The van der Waals surface area contributed by atoms with Crippen LogP contribution in [0.3, 0.4) is 0 Å². The van der Waals surface area contributed by atoms with Crippen molar-refractivity contribution in [1.29, 1.82) is 0 Å². The van der Waals surface area contributed by atoms with Crippen LogP contribution in [0.4, 0.5) is 0 Å². The second-order valence-electron chi connectivity index (χ2n) is 9.00. The molecule has 2 aromatic carbocycles. The molecule has 0 fully saturated rings. The molecule has 2 heterocycles. The number of amides is 1. The number of carbonyl (C=O) groups excluding carboxylic acids is 3. The summed E-state index contributed by atoms with van der Waals surface area (Å²) in [7, 11) is 0.396. The first kappa shape index (κ1) is 28.7. The standard InChI is InChI=1S/C27H26ClN7O4S/c1-17(36)19-6-4-18(5-7-19)12-25(37)23(14-22-15-27(40(3)39)34(2)31-22)30-26(38)11-8-20-13-21(28)9-10-24(20)35-16-29-32-33-35/h4-11,13,15-16,23H,12,14H2,1-3H3,(H,30,38)/b11-8+/t23-,40?/m0/s1. The highest BCUT2D eigenvalue weighted by Crippen LogP contribution is 2.20. The average molecular weight is 580 g/mol. The van der Waals surface area contributed by atoms with Crippen molar-refractivity contribution in [1.82, 2.24) is 35.3 Å². The van der Waals surface area contributed by atoms with Crippen molar-refractivity contribution in [3.05, 3.63) is 88.3 Å².